The third-order valence-corrected chi connectivity index (χ3v) is 3.95. The van der Waals surface area contributed by atoms with Crippen molar-refractivity contribution in [3.63, 3.8) is 0 Å². The van der Waals surface area contributed by atoms with Crippen molar-refractivity contribution in [1.29, 1.82) is 0 Å². The fourth-order valence-electron chi connectivity index (χ4n) is 1.70. The van der Waals surface area contributed by atoms with Crippen LogP contribution in [0.3, 0.4) is 0 Å². The molecule has 2 heteroatoms. The van der Waals surface area contributed by atoms with Gasteiger partial charge in [-0.05, 0) is 47.6 Å². The Bertz CT molecular complexity index is 292. The Morgan fingerprint density at radius 1 is 1.44 bits per heavy atom. The van der Waals surface area contributed by atoms with Crippen LogP contribution < -0.4 is 5.32 Å². The molecule has 1 N–H and O–H groups in total. The third kappa shape index (κ3) is 4.11. The monoisotopic (exact) mass is 237 g/mol. The van der Waals surface area contributed by atoms with Crippen LogP contribution in [0.25, 0.3) is 0 Å². The molecule has 0 saturated heterocycles. The van der Waals surface area contributed by atoms with E-state index in [9.17, 15) is 0 Å². The summed E-state index contributed by atoms with van der Waals surface area (Å²) in [6.45, 7) is 11.7. The van der Waals surface area contributed by atoms with Gasteiger partial charge in [0.15, 0.2) is 0 Å². The van der Waals surface area contributed by atoms with Gasteiger partial charge in [0, 0.05) is 12.6 Å². The summed E-state index contributed by atoms with van der Waals surface area (Å²) in [6.07, 6.45) is 3.09. The Morgan fingerprint density at radius 3 is 2.75 bits per heavy atom. The van der Waals surface area contributed by atoms with Crippen LogP contribution >= 0.6 is 11.3 Å². The zero-order valence-electron chi connectivity index (χ0n) is 10.6. The van der Waals surface area contributed by atoms with Gasteiger partial charge in [-0.15, -0.1) is 6.58 Å². The number of hydrogen-bond donors (Lipinski definition) is 1. The van der Waals surface area contributed by atoms with E-state index in [1.54, 1.807) is 11.3 Å². The molecule has 0 radical (unpaired) electrons. The summed E-state index contributed by atoms with van der Waals surface area (Å²) in [7, 11) is 0. The summed E-state index contributed by atoms with van der Waals surface area (Å²) >= 11 is 1.78. The molecule has 3 unspecified atom stereocenters. The molecular weight excluding hydrogens is 214 g/mol. The van der Waals surface area contributed by atoms with E-state index < -0.39 is 0 Å². The van der Waals surface area contributed by atoms with Crippen molar-refractivity contribution in [1.82, 2.24) is 5.32 Å². The molecule has 90 valence electrons. The van der Waals surface area contributed by atoms with Gasteiger partial charge in [0.05, 0.1) is 0 Å². The van der Waals surface area contributed by atoms with E-state index in [1.165, 1.54) is 5.56 Å². The van der Waals surface area contributed by atoms with Crippen LogP contribution in [-0.2, 0) is 0 Å². The first-order valence-corrected chi connectivity index (χ1v) is 6.95. The highest BCUT2D eigenvalue weighted by Gasteiger charge is 2.12. The van der Waals surface area contributed by atoms with E-state index in [0.717, 1.165) is 13.0 Å². The van der Waals surface area contributed by atoms with E-state index in [4.69, 9.17) is 0 Å². The van der Waals surface area contributed by atoms with Gasteiger partial charge in [0.25, 0.3) is 0 Å². The van der Waals surface area contributed by atoms with E-state index in [-0.39, 0.29) is 0 Å². The zero-order chi connectivity index (χ0) is 12.0. The minimum Gasteiger partial charge on any atom is -0.313 e. The van der Waals surface area contributed by atoms with Gasteiger partial charge in [-0.25, -0.2) is 0 Å². The van der Waals surface area contributed by atoms with Crippen molar-refractivity contribution in [3.05, 3.63) is 35.0 Å². The van der Waals surface area contributed by atoms with Crippen molar-refractivity contribution in [3.8, 4) is 0 Å². The highest BCUT2D eigenvalue weighted by Crippen LogP contribution is 2.18. The molecule has 3 atom stereocenters. The minimum atomic E-state index is 0.555. The van der Waals surface area contributed by atoms with Crippen LogP contribution in [0.5, 0.6) is 0 Å². The van der Waals surface area contributed by atoms with E-state index in [0.29, 0.717) is 17.9 Å². The third-order valence-electron chi connectivity index (χ3n) is 3.25. The van der Waals surface area contributed by atoms with Crippen molar-refractivity contribution < 1.29 is 0 Å². The Balaban J connectivity index is 2.31. The molecular formula is C14H23NS. The van der Waals surface area contributed by atoms with E-state index in [1.807, 2.05) is 6.08 Å². The van der Waals surface area contributed by atoms with Gasteiger partial charge in [-0.1, -0.05) is 19.9 Å². The van der Waals surface area contributed by atoms with Gasteiger partial charge in [-0.2, -0.15) is 11.3 Å². The molecule has 0 aliphatic heterocycles. The predicted octanol–water partition coefficient (Wildman–Crippen LogP) is 4.04. The summed E-state index contributed by atoms with van der Waals surface area (Å²) < 4.78 is 0. The molecule has 16 heavy (non-hydrogen) atoms. The Labute approximate surface area is 104 Å². The molecule has 0 aliphatic rings. The second-order valence-corrected chi connectivity index (χ2v) is 5.44. The molecule has 0 saturated carbocycles. The quantitative estimate of drug-likeness (QED) is 0.706. The number of allylic oxidation sites excluding steroid dienone is 1. The maximum Gasteiger partial charge on any atom is 0.00675 e. The molecule has 0 fully saturated rings. The fourth-order valence-corrected chi connectivity index (χ4v) is 2.49. The largest absolute Gasteiger partial charge is 0.313 e. The van der Waals surface area contributed by atoms with Gasteiger partial charge in [0.2, 0.25) is 0 Å². The molecule has 0 spiro atoms. The highest BCUT2D eigenvalue weighted by molar-refractivity contribution is 7.07. The number of thiophene rings is 1. The lowest BCUT2D eigenvalue weighted by molar-refractivity contribution is 0.395. The Hall–Kier alpha value is -0.600. The standard InChI is InChI=1S/C14H23NS/c1-5-6-11(2)13(4)15-9-12(3)14-7-8-16-10-14/h5,7-8,10-13,15H,1,6,9H2,2-4H3. The van der Waals surface area contributed by atoms with E-state index >= 15 is 0 Å². The molecule has 0 amide bonds. The SMILES string of the molecule is C=CCC(C)C(C)NCC(C)c1ccsc1. The Morgan fingerprint density at radius 2 is 2.19 bits per heavy atom. The van der Waals surface area contributed by atoms with Gasteiger partial charge in [0.1, 0.15) is 0 Å². The summed E-state index contributed by atoms with van der Waals surface area (Å²) in [5.41, 5.74) is 1.45. The lowest BCUT2D eigenvalue weighted by atomic mass is 9.98. The highest BCUT2D eigenvalue weighted by atomic mass is 32.1. The summed E-state index contributed by atoms with van der Waals surface area (Å²) in [5.74, 6) is 1.26. The van der Waals surface area contributed by atoms with Crippen LogP contribution in [0, 0.1) is 5.92 Å². The molecule has 0 bridgehead atoms. The molecule has 0 aromatic carbocycles. The van der Waals surface area contributed by atoms with Gasteiger partial charge < -0.3 is 5.32 Å². The minimum absolute atomic E-state index is 0.555. The van der Waals surface area contributed by atoms with Crippen molar-refractivity contribution in [2.75, 3.05) is 6.54 Å². The number of nitrogens with one attached hydrogen (secondary N) is 1. The molecule has 1 heterocycles. The van der Waals surface area contributed by atoms with Crippen molar-refractivity contribution >= 4 is 11.3 Å². The average molecular weight is 237 g/mol. The zero-order valence-corrected chi connectivity index (χ0v) is 11.4. The smallest absolute Gasteiger partial charge is 0.00675 e. The first-order chi connectivity index (χ1) is 7.65. The first-order valence-electron chi connectivity index (χ1n) is 6.01. The Kier molecular flexibility index (Phi) is 5.78. The molecule has 1 aromatic rings. The van der Waals surface area contributed by atoms with E-state index in [2.05, 4.69) is 49.5 Å². The van der Waals surface area contributed by atoms with Gasteiger partial charge in [-0.3, -0.25) is 0 Å². The van der Waals surface area contributed by atoms with Gasteiger partial charge >= 0.3 is 0 Å². The maximum absolute atomic E-state index is 3.79. The fraction of sp³-hybridized carbons (Fsp3) is 0.571. The lowest BCUT2D eigenvalue weighted by Gasteiger charge is -2.22. The lowest BCUT2D eigenvalue weighted by Crippen LogP contribution is -2.34. The van der Waals surface area contributed by atoms with Crippen molar-refractivity contribution in [2.45, 2.75) is 39.2 Å². The maximum atomic E-state index is 3.79. The van der Waals surface area contributed by atoms with Crippen molar-refractivity contribution in [2.24, 2.45) is 5.92 Å². The topological polar surface area (TPSA) is 12.0 Å². The first kappa shape index (κ1) is 13.5. The van der Waals surface area contributed by atoms with Crippen LogP contribution in [-0.4, -0.2) is 12.6 Å². The second-order valence-electron chi connectivity index (χ2n) is 4.66. The summed E-state index contributed by atoms with van der Waals surface area (Å²) in [6, 6.07) is 2.77. The predicted molar refractivity (Wildman–Crippen MR) is 74.2 cm³/mol. The molecule has 0 aliphatic carbocycles. The number of hydrogen-bond acceptors (Lipinski definition) is 2. The van der Waals surface area contributed by atoms with Crippen LogP contribution in [0.4, 0.5) is 0 Å². The number of rotatable bonds is 7. The van der Waals surface area contributed by atoms with Crippen LogP contribution in [0.15, 0.2) is 29.5 Å². The normalized spacial score (nSPS) is 16.7. The van der Waals surface area contributed by atoms with Crippen LogP contribution in [0.1, 0.15) is 38.7 Å². The summed E-state index contributed by atoms with van der Waals surface area (Å²) in [4.78, 5) is 0. The molecule has 1 rings (SSSR count). The second kappa shape index (κ2) is 6.87. The molecule has 1 aromatic heterocycles. The summed E-state index contributed by atoms with van der Waals surface area (Å²) in [5, 5.41) is 8.00. The van der Waals surface area contributed by atoms with Crippen LogP contribution in [0.2, 0.25) is 0 Å². The average Bonchev–Trinajstić information content (AvgIpc) is 2.79. The molecule has 1 nitrogen and oxygen atoms in total.